The molecule has 2 heterocycles. The Morgan fingerprint density at radius 2 is 2.28 bits per heavy atom. The number of aromatic amines is 2. The zero-order chi connectivity index (χ0) is 12.5. The van der Waals surface area contributed by atoms with E-state index in [1.807, 2.05) is 6.92 Å². The first-order valence-corrected chi connectivity index (χ1v) is 6.04. The molecule has 1 aliphatic rings. The monoisotopic (exact) mass is 246 g/mol. The molecule has 94 valence electrons. The lowest BCUT2D eigenvalue weighted by Gasteiger charge is -1.95. The van der Waals surface area contributed by atoms with Gasteiger partial charge in [-0.2, -0.15) is 5.10 Å². The Morgan fingerprint density at radius 1 is 1.44 bits per heavy atom. The van der Waals surface area contributed by atoms with Gasteiger partial charge in [0, 0.05) is 17.7 Å². The summed E-state index contributed by atoms with van der Waals surface area (Å²) in [6.07, 6.45) is 3.08. The van der Waals surface area contributed by atoms with Crippen molar-refractivity contribution in [3.8, 4) is 0 Å². The molecule has 1 aliphatic carbocycles. The van der Waals surface area contributed by atoms with E-state index in [0.717, 1.165) is 30.8 Å². The van der Waals surface area contributed by atoms with Crippen LogP contribution in [0.4, 0.5) is 5.82 Å². The van der Waals surface area contributed by atoms with Crippen molar-refractivity contribution in [3.63, 3.8) is 0 Å². The van der Waals surface area contributed by atoms with Gasteiger partial charge in [0.05, 0.1) is 0 Å². The second kappa shape index (κ2) is 4.25. The van der Waals surface area contributed by atoms with Crippen LogP contribution >= 0.6 is 0 Å². The summed E-state index contributed by atoms with van der Waals surface area (Å²) in [4.78, 5) is 16.0. The molecular formula is C11H14N6O. The van der Waals surface area contributed by atoms with E-state index in [4.69, 9.17) is 0 Å². The fourth-order valence-corrected chi connectivity index (χ4v) is 1.69. The van der Waals surface area contributed by atoms with Crippen LogP contribution in [-0.2, 0) is 6.42 Å². The van der Waals surface area contributed by atoms with Gasteiger partial charge in [-0.05, 0) is 19.3 Å². The highest BCUT2D eigenvalue weighted by molar-refractivity contribution is 6.00. The van der Waals surface area contributed by atoms with Gasteiger partial charge in [0.1, 0.15) is 5.82 Å². The molecule has 7 nitrogen and oxygen atoms in total. The van der Waals surface area contributed by atoms with Gasteiger partial charge in [0.25, 0.3) is 5.91 Å². The summed E-state index contributed by atoms with van der Waals surface area (Å²) in [5.74, 6) is 1.58. The quantitative estimate of drug-likeness (QED) is 0.755. The lowest BCUT2D eigenvalue weighted by atomic mass is 10.3. The molecule has 3 N–H and O–H groups in total. The van der Waals surface area contributed by atoms with Crippen LogP contribution in [0.3, 0.4) is 0 Å². The zero-order valence-corrected chi connectivity index (χ0v) is 10.0. The van der Waals surface area contributed by atoms with E-state index < -0.39 is 0 Å². The Labute approximate surface area is 103 Å². The third-order valence-electron chi connectivity index (χ3n) is 2.92. The van der Waals surface area contributed by atoms with E-state index >= 15 is 0 Å². The first-order chi connectivity index (χ1) is 8.76. The minimum atomic E-state index is -0.340. The minimum absolute atomic E-state index is 0.165. The third-order valence-corrected chi connectivity index (χ3v) is 2.92. The van der Waals surface area contributed by atoms with E-state index in [2.05, 4.69) is 30.7 Å². The summed E-state index contributed by atoms with van der Waals surface area (Å²) in [5.41, 5.74) is 0.971. The van der Waals surface area contributed by atoms with Crippen LogP contribution in [0.15, 0.2) is 6.07 Å². The van der Waals surface area contributed by atoms with Crippen molar-refractivity contribution < 1.29 is 4.79 Å². The molecule has 3 rings (SSSR count). The maximum atomic E-state index is 11.9. The predicted octanol–water partition coefficient (Wildman–Crippen LogP) is 1.22. The Balaban J connectivity index is 1.69. The van der Waals surface area contributed by atoms with Crippen LogP contribution in [-0.4, -0.2) is 31.3 Å². The summed E-state index contributed by atoms with van der Waals surface area (Å²) in [6.45, 7) is 2.01. The third kappa shape index (κ3) is 2.11. The molecule has 1 saturated carbocycles. The number of amides is 1. The van der Waals surface area contributed by atoms with Gasteiger partial charge in [-0.3, -0.25) is 15.0 Å². The number of aromatic nitrogens is 5. The van der Waals surface area contributed by atoms with Crippen molar-refractivity contribution in [3.05, 3.63) is 23.4 Å². The Morgan fingerprint density at radius 3 is 2.94 bits per heavy atom. The molecule has 2 aromatic rings. The lowest BCUT2D eigenvalue weighted by molar-refractivity contribution is 0.101. The van der Waals surface area contributed by atoms with Crippen LogP contribution in [0.5, 0.6) is 0 Å². The molecule has 0 spiro atoms. The summed E-state index contributed by atoms with van der Waals surface area (Å²) < 4.78 is 0. The van der Waals surface area contributed by atoms with E-state index in [0.29, 0.717) is 11.7 Å². The predicted molar refractivity (Wildman–Crippen MR) is 64.3 cm³/mol. The van der Waals surface area contributed by atoms with Crippen molar-refractivity contribution in [2.45, 2.75) is 32.1 Å². The van der Waals surface area contributed by atoms with Crippen molar-refractivity contribution >= 4 is 11.7 Å². The average Bonchev–Trinajstić information content (AvgIpc) is 2.93. The molecule has 18 heavy (non-hydrogen) atoms. The number of hydrogen-bond donors (Lipinski definition) is 3. The van der Waals surface area contributed by atoms with Crippen molar-refractivity contribution in [2.75, 3.05) is 5.32 Å². The van der Waals surface area contributed by atoms with Gasteiger partial charge in [-0.1, -0.05) is 6.92 Å². The Hall–Kier alpha value is -2.18. The highest BCUT2D eigenvalue weighted by Gasteiger charge is 2.28. The second-order valence-corrected chi connectivity index (χ2v) is 4.40. The van der Waals surface area contributed by atoms with Crippen LogP contribution in [0.25, 0.3) is 0 Å². The molecule has 2 aromatic heterocycles. The molecule has 1 amide bonds. The number of nitrogens with one attached hydrogen (secondary N) is 3. The van der Waals surface area contributed by atoms with E-state index in [1.165, 1.54) is 0 Å². The molecule has 0 atom stereocenters. The smallest absolute Gasteiger partial charge is 0.296 e. The fraction of sp³-hybridized carbons (Fsp3) is 0.455. The van der Waals surface area contributed by atoms with Crippen molar-refractivity contribution in [1.82, 2.24) is 25.4 Å². The van der Waals surface area contributed by atoms with Gasteiger partial charge >= 0.3 is 0 Å². The number of carbonyl (C=O) groups is 1. The van der Waals surface area contributed by atoms with E-state index in [-0.39, 0.29) is 11.7 Å². The summed E-state index contributed by atoms with van der Waals surface area (Å²) >= 11 is 0. The molecule has 0 radical (unpaired) electrons. The fourth-order valence-electron chi connectivity index (χ4n) is 1.69. The summed E-state index contributed by atoms with van der Waals surface area (Å²) in [6, 6.07) is 1.80. The van der Waals surface area contributed by atoms with Gasteiger partial charge < -0.3 is 5.32 Å². The number of aryl methyl sites for hydroxylation is 1. The molecular weight excluding hydrogens is 232 g/mol. The van der Waals surface area contributed by atoms with Crippen LogP contribution in [0.1, 0.15) is 47.8 Å². The zero-order valence-electron chi connectivity index (χ0n) is 10.0. The largest absolute Gasteiger partial charge is 0.302 e. The first kappa shape index (κ1) is 10.9. The van der Waals surface area contributed by atoms with Crippen molar-refractivity contribution in [1.29, 1.82) is 0 Å². The Kier molecular flexibility index (Phi) is 2.58. The number of rotatable bonds is 4. The topological polar surface area (TPSA) is 99.3 Å². The average molecular weight is 246 g/mol. The van der Waals surface area contributed by atoms with E-state index in [9.17, 15) is 4.79 Å². The second-order valence-electron chi connectivity index (χ2n) is 4.40. The highest BCUT2D eigenvalue weighted by atomic mass is 16.2. The maximum absolute atomic E-state index is 11.9. The van der Waals surface area contributed by atoms with Crippen LogP contribution in [0.2, 0.25) is 0 Å². The summed E-state index contributed by atoms with van der Waals surface area (Å²) in [7, 11) is 0. The molecule has 0 bridgehead atoms. The lowest BCUT2D eigenvalue weighted by Crippen LogP contribution is -2.14. The van der Waals surface area contributed by atoms with Crippen LogP contribution in [0, 0.1) is 0 Å². The minimum Gasteiger partial charge on any atom is -0.302 e. The number of carbonyl (C=O) groups excluding carboxylic acids is 1. The maximum Gasteiger partial charge on any atom is 0.296 e. The van der Waals surface area contributed by atoms with Crippen LogP contribution < -0.4 is 5.32 Å². The number of H-pyrrole nitrogens is 2. The molecule has 7 heteroatoms. The molecule has 0 aliphatic heterocycles. The highest BCUT2D eigenvalue weighted by Crippen LogP contribution is 2.37. The number of nitrogens with zero attached hydrogens (tertiary/aromatic N) is 3. The number of anilines is 1. The van der Waals surface area contributed by atoms with Crippen molar-refractivity contribution in [2.24, 2.45) is 0 Å². The van der Waals surface area contributed by atoms with Gasteiger partial charge in [-0.25, -0.2) is 4.98 Å². The molecule has 1 fully saturated rings. The van der Waals surface area contributed by atoms with E-state index in [1.54, 1.807) is 6.07 Å². The standard InChI is InChI=1S/C11H14N6O/c1-2-7-5-8(15-14-7)12-11(18)10-13-9(16-17-10)6-3-4-6/h5-6H,2-4H2,1H3,(H,13,16,17)(H2,12,14,15,18). The normalized spacial score (nSPS) is 14.7. The van der Waals surface area contributed by atoms with Gasteiger partial charge in [0.2, 0.25) is 5.82 Å². The molecule has 0 unspecified atom stereocenters. The molecule has 0 aromatic carbocycles. The first-order valence-electron chi connectivity index (χ1n) is 6.04. The molecule has 0 saturated heterocycles. The van der Waals surface area contributed by atoms with Gasteiger partial charge in [0.15, 0.2) is 5.82 Å². The van der Waals surface area contributed by atoms with Gasteiger partial charge in [-0.15, -0.1) is 5.10 Å². The Bertz CT molecular complexity index is 568. The number of hydrogen-bond acceptors (Lipinski definition) is 4. The summed E-state index contributed by atoms with van der Waals surface area (Å²) in [5, 5.41) is 16.2. The SMILES string of the molecule is CCc1cc(NC(=O)c2n[nH]c(C3CC3)n2)n[nH]1.